The highest BCUT2D eigenvalue weighted by atomic mass is 32.2. The van der Waals surface area contributed by atoms with Crippen LogP contribution in [0.4, 0.5) is 0 Å². The van der Waals surface area contributed by atoms with E-state index in [-0.39, 0.29) is 16.8 Å². The third-order valence-corrected chi connectivity index (χ3v) is 4.05. The van der Waals surface area contributed by atoms with Gasteiger partial charge in [-0.05, 0) is 31.5 Å². The van der Waals surface area contributed by atoms with E-state index in [9.17, 15) is 13.2 Å². The summed E-state index contributed by atoms with van der Waals surface area (Å²) in [7, 11) is -2.09. The maximum absolute atomic E-state index is 12.0. The molecule has 2 N–H and O–H groups in total. The van der Waals surface area contributed by atoms with Gasteiger partial charge in [0, 0.05) is 13.1 Å². The summed E-state index contributed by atoms with van der Waals surface area (Å²) >= 11 is 0. The van der Waals surface area contributed by atoms with Crippen molar-refractivity contribution in [2.24, 2.45) is 5.14 Å². The molecule has 1 aromatic rings. The molecule has 0 aliphatic rings. The van der Waals surface area contributed by atoms with Crippen LogP contribution < -0.4 is 5.14 Å². The third kappa shape index (κ3) is 4.84. The van der Waals surface area contributed by atoms with E-state index in [4.69, 9.17) is 5.14 Å². The van der Waals surface area contributed by atoms with Crippen LogP contribution in [-0.2, 0) is 14.8 Å². The second-order valence-corrected chi connectivity index (χ2v) is 6.19. The smallest absolute Gasteiger partial charge is 0.246 e. The molecular weight excluding hydrogens is 288 g/mol. The zero-order chi connectivity index (χ0) is 16.0. The molecule has 0 heterocycles. The highest BCUT2D eigenvalue weighted by molar-refractivity contribution is 7.89. The first-order valence-corrected chi connectivity index (χ1v) is 8.01. The summed E-state index contributed by atoms with van der Waals surface area (Å²) in [5.74, 6) is -0.165. The minimum atomic E-state index is -3.75. The van der Waals surface area contributed by atoms with Crippen molar-refractivity contribution in [1.29, 1.82) is 0 Å². The van der Waals surface area contributed by atoms with Gasteiger partial charge in [-0.15, -0.1) is 0 Å². The van der Waals surface area contributed by atoms with Crippen LogP contribution in [0.5, 0.6) is 0 Å². The van der Waals surface area contributed by atoms with Gasteiger partial charge >= 0.3 is 0 Å². The molecule has 0 aromatic heterocycles. The Hall–Kier alpha value is -1.92. The molecule has 0 unspecified atom stereocenters. The Balaban J connectivity index is 2.98. The van der Waals surface area contributed by atoms with Gasteiger partial charge in [0.05, 0.1) is 10.9 Å². The van der Waals surface area contributed by atoms with Crippen LogP contribution in [0.15, 0.2) is 53.5 Å². The molecule has 6 heteroatoms. The lowest BCUT2D eigenvalue weighted by atomic mass is 10.1. The van der Waals surface area contributed by atoms with Crippen LogP contribution in [-0.4, -0.2) is 26.3 Å². The van der Waals surface area contributed by atoms with Gasteiger partial charge in [0.1, 0.15) is 0 Å². The number of sulfonamides is 1. The topological polar surface area (TPSA) is 80.5 Å². The van der Waals surface area contributed by atoms with Gasteiger partial charge in [-0.25, -0.2) is 13.6 Å². The second kappa shape index (κ2) is 7.19. The molecule has 21 heavy (non-hydrogen) atoms. The van der Waals surface area contributed by atoms with Crippen LogP contribution >= 0.6 is 0 Å². The van der Waals surface area contributed by atoms with Crippen LogP contribution in [0.2, 0.25) is 0 Å². The van der Waals surface area contributed by atoms with E-state index in [1.807, 2.05) is 19.9 Å². The Morgan fingerprint density at radius 2 is 2.00 bits per heavy atom. The van der Waals surface area contributed by atoms with Crippen molar-refractivity contribution in [3.63, 3.8) is 0 Å². The predicted octanol–water partition coefficient (Wildman–Crippen LogP) is 1.99. The summed E-state index contributed by atoms with van der Waals surface area (Å²) in [5.41, 5.74) is 0.705. The molecule has 114 valence electrons. The molecule has 1 aromatic carbocycles. The van der Waals surface area contributed by atoms with Crippen LogP contribution in [0.1, 0.15) is 25.5 Å². The van der Waals surface area contributed by atoms with Crippen molar-refractivity contribution in [1.82, 2.24) is 4.90 Å². The van der Waals surface area contributed by atoms with Gasteiger partial charge in [-0.3, -0.25) is 4.79 Å². The van der Waals surface area contributed by atoms with E-state index in [1.54, 1.807) is 31.3 Å². The van der Waals surface area contributed by atoms with Crippen molar-refractivity contribution in [3.05, 3.63) is 54.1 Å². The Labute approximate surface area is 125 Å². The molecule has 1 amide bonds. The van der Waals surface area contributed by atoms with E-state index < -0.39 is 10.0 Å². The summed E-state index contributed by atoms with van der Waals surface area (Å²) in [6, 6.07) is 6.02. The Kier molecular flexibility index (Phi) is 5.87. The van der Waals surface area contributed by atoms with Crippen LogP contribution in [0, 0.1) is 0 Å². The molecule has 1 rings (SSSR count). The fourth-order valence-corrected chi connectivity index (χ4v) is 2.30. The number of carbonyl (C=O) groups excluding carboxylic acids is 1. The number of rotatable bonds is 5. The first kappa shape index (κ1) is 17.1. The Morgan fingerprint density at radius 1 is 1.33 bits per heavy atom. The van der Waals surface area contributed by atoms with E-state index in [1.165, 1.54) is 23.1 Å². The number of amides is 1. The van der Waals surface area contributed by atoms with Gasteiger partial charge < -0.3 is 4.90 Å². The molecule has 0 saturated heterocycles. The zero-order valence-electron chi connectivity index (χ0n) is 12.4. The molecule has 5 nitrogen and oxygen atoms in total. The van der Waals surface area contributed by atoms with Crippen molar-refractivity contribution < 1.29 is 13.2 Å². The lowest BCUT2D eigenvalue weighted by Gasteiger charge is -2.24. The fraction of sp³-hybridized carbons (Fsp3) is 0.267. The van der Waals surface area contributed by atoms with Gasteiger partial charge in [-0.2, -0.15) is 0 Å². The molecule has 1 atom stereocenters. The Morgan fingerprint density at radius 3 is 2.57 bits per heavy atom. The molecule has 0 saturated carbocycles. The number of benzene rings is 1. The molecule has 0 spiro atoms. The summed E-state index contributed by atoms with van der Waals surface area (Å²) in [6.45, 7) is 3.68. The molecule has 0 bridgehead atoms. The van der Waals surface area contributed by atoms with Gasteiger partial charge in [0.25, 0.3) is 0 Å². The minimum absolute atomic E-state index is 0.0390. The average Bonchev–Trinajstić information content (AvgIpc) is 2.45. The van der Waals surface area contributed by atoms with Crippen molar-refractivity contribution in [2.45, 2.75) is 24.8 Å². The SMILES string of the molecule is C/C=C/C=C/C(=O)N(C)[C@@H](C)c1cccc(S(N)(=O)=O)c1. The average molecular weight is 308 g/mol. The largest absolute Gasteiger partial charge is 0.335 e. The number of nitrogens with zero attached hydrogens (tertiary/aromatic N) is 1. The summed E-state index contributed by atoms with van der Waals surface area (Å²) in [6.07, 6.45) is 6.70. The van der Waals surface area contributed by atoms with Gasteiger partial charge in [0.2, 0.25) is 15.9 Å². The quantitative estimate of drug-likeness (QED) is 0.667. The first-order valence-electron chi connectivity index (χ1n) is 6.46. The number of nitrogens with two attached hydrogens (primary N) is 1. The van der Waals surface area contributed by atoms with E-state index in [0.29, 0.717) is 5.56 Å². The zero-order valence-corrected chi connectivity index (χ0v) is 13.2. The summed E-state index contributed by atoms with van der Waals surface area (Å²) < 4.78 is 22.7. The number of carbonyl (C=O) groups is 1. The standard InChI is InChI=1S/C15H20N2O3S/c1-4-5-6-10-15(18)17(3)12(2)13-8-7-9-14(11-13)21(16,19)20/h4-12H,1-3H3,(H2,16,19,20)/b5-4+,10-6+/t12-/m0/s1. The third-order valence-electron chi connectivity index (χ3n) is 3.14. The highest BCUT2D eigenvalue weighted by Crippen LogP contribution is 2.21. The molecule has 0 aliphatic carbocycles. The number of primary sulfonamides is 1. The lowest BCUT2D eigenvalue weighted by molar-refractivity contribution is -0.126. The van der Waals surface area contributed by atoms with E-state index >= 15 is 0 Å². The predicted molar refractivity (Wildman–Crippen MR) is 83.0 cm³/mol. The second-order valence-electron chi connectivity index (χ2n) is 4.63. The molecule has 0 radical (unpaired) electrons. The van der Waals surface area contributed by atoms with E-state index in [0.717, 1.165) is 0 Å². The number of hydrogen-bond acceptors (Lipinski definition) is 3. The maximum Gasteiger partial charge on any atom is 0.246 e. The molecule has 0 fully saturated rings. The van der Waals surface area contributed by atoms with Crippen molar-refractivity contribution in [3.8, 4) is 0 Å². The minimum Gasteiger partial charge on any atom is -0.335 e. The lowest BCUT2D eigenvalue weighted by Crippen LogP contribution is -2.28. The highest BCUT2D eigenvalue weighted by Gasteiger charge is 2.17. The summed E-state index contributed by atoms with van der Waals surface area (Å²) in [5, 5.41) is 5.12. The Bertz CT molecular complexity index is 663. The normalized spacial score (nSPS) is 13.7. The van der Waals surface area contributed by atoms with Gasteiger partial charge in [0.15, 0.2) is 0 Å². The molecule has 0 aliphatic heterocycles. The van der Waals surface area contributed by atoms with Gasteiger partial charge in [-0.1, -0.05) is 30.4 Å². The van der Waals surface area contributed by atoms with Crippen molar-refractivity contribution >= 4 is 15.9 Å². The maximum atomic E-state index is 12.0. The van der Waals surface area contributed by atoms with Crippen LogP contribution in [0.3, 0.4) is 0 Å². The number of likely N-dealkylation sites (N-methyl/N-ethyl adjacent to an activating group) is 1. The van der Waals surface area contributed by atoms with Crippen molar-refractivity contribution in [2.75, 3.05) is 7.05 Å². The fourth-order valence-electron chi connectivity index (χ4n) is 1.73. The monoisotopic (exact) mass is 308 g/mol. The van der Waals surface area contributed by atoms with E-state index in [2.05, 4.69) is 0 Å². The number of hydrogen-bond donors (Lipinski definition) is 1. The first-order chi connectivity index (χ1) is 9.77. The number of allylic oxidation sites excluding steroid dienone is 3. The summed E-state index contributed by atoms with van der Waals surface area (Å²) in [4.78, 5) is 13.5. The van der Waals surface area contributed by atoms with Crippen LogP contribution in [0.25, 0.3) is 0 Å². The molecular formula is C15H20N2O3S.